The Morgan fingerprint density at radius 3 is 2.52 bits per heavy atom. The number of carbonyl (C=O) groups excluding carboxylic acids is 2. The Bertz CT molecular complexity index is 695. The van der Waals surface area contributed by atoms with Gasteiger partial charge in [0.05, 0.1) is 27.6 Å². The topological polar surface area (TPSA) is 105 Å². The van der Waals surface area contributed by atoms with E-state index in [4.69, 9.17) is 0 Å². The van der Waals surface area contributed by atoms with Gasteiger partial charge in [0.2, 0.25) is 0 Å². The van der Waals surface area contributed by atoms with E-state index in [1.165, 1.54) is 6.92 Å². The molecule has 2 amide bonds. The van der Waals surface area contributed by atoms with Gasteiger partial charge in [-0.15, -0.1) is 0 Å². The van der Waals surface area contributed by atoms with E-state index in [1.807, 2.05) is 0 Å². The molecule has 0 aliphatic carbocycles. The van der Waals surface area contributed by atoms with Crippen LogP contribution in [0, 0.1) is 6.92 Å². The van der Waals surface area contributed by atoms with Crippen molar-refractivity contribution in [3.05, 3.63) is 10.6 Å². The second-order valence-electron chi connectivity index (χ2n) is 5.47. The van der Waals surface area contributed by atoms with Crippen LogP contribution in [0.1, 0.15) is 35.6 Å². The quantitative estimate of drug-likeness (QED) is 0.814. The van der Waals surface area contributed by atoms with Gasteiger partial charge in [-0.1, -0.05) is 11.3 Å². The van der Waals surface area contributed by atoms with E-state index < -0.39 is 21.4 Å². The highest BCUT2D eigenvalue weighted by Crippen LogP contribution is 2.25. The average Bonchev–Trinajstić information content (AvgIpc) is 2.79. The molecule has 0 aromatic carbocycles. The number of hydrogen-bond donors (Lipinski definition) is 2. The molecule has 0 saturated carbocycles. The zero-order valence-electron chi connectivity index (χ0n) is 12.0. The van der Waals surface area contributed by atoms with Crippen LogP contribution in [0.5, 0.6) is 0 Å². The average molecular weight is 331 g/mol. The Morgan fingerprint density at radius 1 is 1.38 bits per heavy atom. The molecule has 1 aliphatic rings. The van der Waals surface area contributed by atoms with E-state index in [1.54, 1.807) is 13.8 Å². The number of nitrogens with zero attached hydrogens (tertiary/aromatic N) is 1. The maximum absolute atomic E-state index is 11.9. The van der Waals surface area contributed by atoms with Crippen LogP contribution in [0.4, 0.5) is 9.93 Å². The van der Waals surface area contributed by atoms with E-state index >= 15 is 0 Å². The highest BCUT2D eigenvalue weighted by Gasteiger charge is 2.39. The highest BCUT2D eigenvalue weighted by atomic mass is 32.2. The van der Waals surface area contributed by atoms with Crippen LogP contribution >= 0.6 is 11.3 Å². The zero-order chi connectivity index (χ0) is 15.8. The molecule has 1 saturated heterocycles. The number of aryl methyl sites for hydroxylation is 1. The normalized spacial score (nSPS) is 23.8. The van der Waals surface area contributed by atoms with Gasteiger partial charge in [0, 0.05) is 6.92 Å². The number of thiazole rings is 1. The molecule has 7 nitrogen and oxygen atoms in total. The minimum atomic E-state index is -3.09. The van der Waals surface area contributed by atoms with Crippen LogP contribution in [0.25, 0.3) is 0 Å². The van der Waals surface area contributed by atoms with Crippen molar-refractivity contribution >= 4 is 38.1 Å². The van der Waals surface area contributed by atoms with Crippen LogP contribution in [0.2, 0.25) is 0 Å². The summed E-state index contributed by atoms with van der Waals surface area (Å²) in [5, 5.41) is 5.54. The number of sulfone groups is 1. The minimum Gasteiger partial charge on any atom is -0.332 e. The van der Waals surface area contributed by atoms with Gasteiger partial charge in [0.25, 0.3) is 0 Å². The van der Waals surface area contributed by atoms with Crippen molar-refractivity contribution in [2.24, 2.45) is 0 Å². The van der Waals surface area contributed by atoms with Gasteiger partial charge in [0.1, 0.15) is 0 Å². The van der Waals surface area contributed by atoms with Crippen molar-refractivity contribution in [2.45, 2.75) is 32.7 Å². The lowest BCUT2D eigenvalue weighted by molar-refractivity contribution is 0.102. The van der Waals surface area contributed by atoms with Crippen molar-refractivity contribution in [3.63, 3.8) is 0 Å². The van der Waals surface area contributed by atoms with Crippen LogP contribution in [-0.2, 0) is 9.84 Å². The first-order chi connectivity index (χ1) is 9.60. The summed E-state index contributed by atoms with van der Waals surface area (Å²) in [6.45, 7) is 4.83. The third kappa shape index (κ3) is 3.79. The Kier molecular flexibility index (Phi) is 4.07. The Morgan fingerprint density at radius 2 is 2.05 bits per heavy atom. The monoisotopic (exact) mass is 331 g/mol. The van der Waals surface area contributed by atoms with Gasteiger partial charge >= 0.3 is 6.03 Å². The van der Waals surface area contributed by atoms with Gasteiger partial charge in [-0.2, -0.15) is 0 Å². The van der Waals surface area contributed by atoms with Gasteiger partial charge in [0.15, 0.2) is 20.8 Å². The van der Waals surface area contributed by atoms with Crippen molar-refractivity contribution in [2.75, 3.05) is 16.8 Å². The number of urea groups is 1. The first-order valence-electron chi connectivity index (χ1n) is 6.38. The highest BCUT2D eigenvalue weighted by molar-refractivity contribution is 7.91. The Hall–Kier alpha value is -1.48. The predicted molar refractivity (Wildman–Crippen MR) is 80.7 cm³/mol. The Labute approximate surface area is 127 Å². The van der Waals surface area contributed by atoms with Gasteiger partial charge in [-0.05, 0) is 20.3 Å². The van der Waals surface area contributed by atoms with E-state index in [0.29, 0.717) is 22.1 Å². The number of ketones is 1. The van der Waals surface area contributed by atoms with Gasteiger partial charge in [-0.25, -0.2) is 18.2 Å². The molecule has 1 fully saturated rings. The van der Waals surface area contributed by atoms with Gasteiger partial charge < -0.3 is 5.32 Å². The lowest BCUT2D eigenvalue weighted by atomic mass is 10.0. The van der Waals surface area contributed by atoms with Crippen LogP contribution < -0.4 is 10.6 Å². The molecule has 0 radical (unpaired) electrons. The second-order valence-corrected chi connectivity index (χ2v) is 8.65. The number of aromatic nitrogens is 1. The van der Waals surface area contributed by atoms with Crippen LogP contribution in [0.15, 0.2) is 0 Å². The standard InChI is InChI=1S/C12H17N3O4S2/c1-7-9(8(2)16)20-11(13-7)14-10(17)15-12(3)4-5-21(18,19)6-12/h4-6H2,1-3H3,(H2,13,14,15,17)/t12-/m1/s1. The van der Waals surface area contributed by atoms with E-state index in [0.717, 1.165) is 11.3 Å². The smallest absolute Gasteiger partial charge is 0.321 e. The summed E-state index contributed by atoms with van der Waals surface area (Å²) in [6, 6.07) is -0.515. The molecule has 0 bridgehead atoms. The van der Waals surface area contributed by atoms with E-state index in [2.05, 4.69) is 15.6 Å². The minimum absolute atomic E-state index is 0.0665. The summed E-state index contributed by atoms with van der Waals surface area (Å²) in [4.78, 5) is 27.9. The molecule has 2 rings (SSSR count). The molecule has 21 heavy (non-hydrogen) atoms. The largest absolute Gasteiger partial charge is 0.332 e. The maximum Gasteiger partial charge on any atom is 0.321 e. The molecular weight excluding hydrogens is 314 g/mol. The summed E-state index contributed by atoms with van der Waals surface area (Å²) >= 11 is 1.10. The number of hydrogen-bond acceptors (Lipinski definition) is 6. The lowest BCUT2D eigenvalue weighted by Gasteiger charge is -2.23. The number of amides is 2. The molecule has 0 unspecified atom stereocenters. The molecule has 1 aromatic heterocycles. The fraction of sp³-hybridized carbons (Fsp3) is 0.583. The summed E-state index contributed by atoms with van der Waals surface area (Å²) in [7, 11) is -3.09. The summed E-state index contributed by atoms with van der Waals surface area (Å²) in [5.74, 6) is -0.0928. The number of Topliss-reactive ketones (excluding diaryl/α,β-unsaturated/α-hetero) is 1. The predicted octanol–water partition coefficient (Wildman–Crippen LogP) is 1.35. The number of nitrogens with one attached hydrogen (secondary N) is 2. The third-order valence-electron chi connectivity index (χ3n) is 3.26. The fourth-order valence-corrected chi connectivity index (χ4v) is 5.24. The SMILES string of the molecule is CC(=O)c1sc(NC(=O)N[C@]2(C)CCS(=O)(=O)C2)nc1C. The maximum atomic E-state index is 11.9. The molecule has 1 aromatic rings. The number of rotatable bonds is 3. The van der Waals surface area contributed by atoms with Crippen LogP contribution in [-0.4, -0.2) is 42.3 Å². The van der Waals surface area contributed by atoms with Crippen LogP contribution in [0.3, 0.4) is 0 Å². The summed E-state index contributed by atoms with van der Waals surface area (Å²) in [6.07, 6.45) is 0.387. The molecule has 1 aliphatic heterocycles. The van der Waals surface area contributed by atoms with Crippen molar-refractivity contribution < 1.29 is 18.0 Å². The van der Waals surface area contributed by atoms with Crippen molar-refractivity contribution in [1.29, 1.82) is 0 Å². The number of carbonyl (C=O) groups is 2. The molecule has 116 valence electrons. The lowest BCUT2D eigenvalue weighted by Crippen LogP contribution is -2.48. The molecule has 9 heteroatoms. The zero-order valence-corrected chi connectivity index (χ0v) is 13.7. The van der Waals surface area contributed by atoms with Gasteiger partial charge in [-0.3, -0.25) is 10.1 Å². The van der Waals surface area contributed by atoms with E-state index in [-0.39, 0.29) is 17.3 Å². The van der Waals surface area contributed by atoms with Crippen molar-refractivity contribution in [1.82, 2.24) is 10.3 Å². The summed E-state index contributed by atoms with van der Waals surface area (Å²) in [5.41, 5.74) is -0.198. The molecule has 2 heterocycles. The molecular formula is C12H17N3O4S2. The first-order valence-corrected chi connectivity index (χ1v) is 9.02. The first kappa shape index (κ1) is 15.9. The fourth-order valence-electron chi connectivity index (χ4n) is 2.29. The summed E-state index contributed by atoms with van der Waals surface area (Å²) < 4.78 is 23.0. The van der Waals surface area contributed by atoms with E-state index in [9.17, 15) is 18.0 Å². The molecule has 1 atom stereocenters. The number of anilines is 1. The molecule has 0 spiro atoms. The molecule has 2 N–H and O–H groups in total. The third-order valence-corrected chi connectivity index (χ3v) is 6.33. The second kappa shape index (κ2) is 5.38. The Balaban J connectivity index is 2.03. The van der Waals surface area contributed by atoms with Crippen molar-refractivity contribution in [3.8, 4) is 0 Å².